The SMILES string of the molecule is CCn1c(CN)nnc1SCC(=O)NC1CCS(=O)(=O)C1. The molecule has 1 saturated heterocycles. The Labute approximate surface area is 127 Å². The van der Waals surface area contributed by atoms with Crippen molar-refractivity contribution >= 4 is 27.5 Å². The zero-order valence-electron chi connectivity index (χ0n) is 11.8. The molecule has 0 aromatic carbocycles. The lowest BCUT2D eigenvalue weighted by Gasteiger charge is -2.10. The van der Waals surface area contributed by atoms with Gasteiger partial charge in [-0.2, -0.15) is 0 Å². The van der Waals surface area contributed by atoms with Crippen LogP contribution in [0.2, 0.25) is 0 Å². The minimum absolute atomic E-state index is 0.0336. The third-order valence-corrected chi connectivity index (χ3v) is 5.96. The van der Waals surface area contributed by atoms with E-state index in [1.54, 1.807) is 0 Å². The van der Waals surface area contributed by atoms with Crippen LogP contribution in [0.15, 0.2) is 5.16 Å². The Morgan fingerprint density at radius 1 is 1.52 bits per heavy atom. The average molecular weight is 333 g/mol. The van der Waals surface area contributed by atoms with Crippen LogP contribution in [0.4, 0.5) is 0 Å². The van der Waals surface area contributed by atoms with E-state index in [4.69, 9.17) is 5.73 Å². The fraction of sp³-hybridized carbons (Fsp3) is 0.727. The molecule has 0 radical (unpaired) electrons. The fourth-order valence-electron chi connectivity index (χ4n) is 2.20. The molecule has 0 saturated carbocycles. The van der Waals surface area contributed by atoms with Crippen molar-refractivity contribution < 1.29 is 13.2 Å². The van der Waals surface area contributed by atoms with Crippen molar-refractivity contribution in [2.45, 2.75) is 37.6 Å². The number of nitrogens with one attached hydrogen (secondary N) is 1. The lowest BCUT2D eigenvalue weighted by Crippen LogP contribution is -2.36. The lowest BCUT2D eigenvalue weighted by atomic mass is 10.3. The molecule has 1 fully saturated rings. The molecule has 1 aliphatic rings. The summed E-state index contributed by atoms with van der Waals surface area (Å²) in [7, 11) is -2.98. The number of nitrogens with zero attached hydrogens (tertiary/aromatic N) is 3. The summed E-state index contributed by atoms with van der Waals surface area (Å²) in [6.45, 7) is 2.94. The summed E-state index contributed by atoms with van der Waals surface area (Å²) in [5, 5.41) is 11.4. The van der Waals surface area contributed by atoms with Crippen molar-refractivity contribution in [3.63, 3.8) is 0 Å². The third-order valence-electron chi connectivity index (χ3n) is 3.22. The van der Waals surface area contributed by atoms with Crippen molar-refractivity contribution in [1.29, 1.82) is 0 Å². The zero-order chi connectivity index (χ0) is 15.5. The Kier molecular flexibility index (Phi) is 5.22. The third kappa shape index (κ3) is 4.17. The number of amides is 1. The molecule has 1 unspecified atom stereocenters. The summed E-state index contributed by atoms with van der Waals surface area (Å²) < 4.78 is 24.5. The number of sulfone groups is 1. The van der Waals surface area contributed by atoms with Crippen LogP contribution >= 0.6 is 11.8 Å². The summed E-state index contributed by atoms with van der Waals surface area (Å²) in [4.78, 5) is 11.9. The van der Waals surface area contributed by atoms with E-state index in [1.165, 1.54) is 11.8 Å². The molecule has 0 bridgehead atoms. The molecule has 0 spiro atoms. The Balaban J connectivity index is 1.86. The molecule has 2 heterocycles. The molecule has 21 heavy (non-hydrogen) atoms. The number of nitrogens with two attached hydrogens (primary N) is 1. The number of carbonyl (C=O) groups excluding carboxylic acids is 1. The summed E-state index contributed by atoms with van der Waals surface area (Å²) in [5.41, 5.74) is 5.56. The molecule has 1 atom stereocenters. The van der Waals surface area contributed by atoms with E-state index in [2.05, 4.69) is 15.5 Å². The number of aromatic nitrogens is 3. The van der Waals surface area contributed by atoms with E-state index < -0.39 is 9.84 Å². The maximum atomic E-state index is 11.9. The minimum Gasteiger partial charge on any atom is -0.352 e. The fourth-order valence-corrected chi connectivity index (χ4v) is 4.71. The average Bonchev–Trinajstić information content (AvgIpc) is 2.98. The Morgan fingerprint density at radius 3 is 2.86 bits per heavy atom. The molecule has 2 rings (SSSR count). The second-order valence-corrected chi connectivity index (χ2v) is 7.97. The molecule has 1 amide bonds. The van der Waals surface area contributed by atoms with Gasteiger partial charge in [0.2, 0.25) is 5.91 Å². The van der Waals surface area contributed by atoms with Gasteiger partial charge in [-0.05, 0) is 13.3 Å². The summed E-state index contributed by atoms with van der Waals surface area (Å²) in [5.74, 6) is 0.851. The highest BCUT2D eigenvalue weighted by Crippen LogP contribution is 2.17. The molecule has 3 N–H and O–H groups in total. The van der Waals surface area contributed by atoms with E-state index in [0.717, 1.165) is 0 Å². The van der Waals surface area contributed by atoms with E-state index in [9.17, 15) is 13.2 Å². The van der Waals surface area contributed by atoms with Crippen LogP contribution in [0, 0.1) is 0 Å². The Morgan fingerprint density at radius 2 is 2.29 bits per heavy atom. The molecular weight excluding hydrogens is 314 g/mol. The number of rotatable bonds is 6. The Bertz CT molecular complexity index is 613. The van der Waals surface area contributed by atoms with Gasteiger partial charge in [0.1, 0.15) is 5.82 Å². The number of thioether (sulfide) groups is 1. The summed E-state index contributed by atoms with van der Waals surface area (Å²) in [6, 6.07) is -0.272. The first-order valence-electron chi connectivity index (χ1n) is 6.70. The predicted molar refractivity (Wildman–Crippen MR) is 79.5 cm³/mol. The zero-order valence-corrected chi connectivity index (χ0v) is 13.4. The summed E-state index contributed by atoms with van der Waals surface area (Å²) >= 11 is 1.27. The molecule has 1 aliphatic heterocycles. The van der Waals surface area contributed by atoms with Crippen molar-refractivity contribution in [2.24, 2.45) is 5.73 Å². The second-order valence-electron chi connectivity index (χ2n) is 4.80. The standard InChI is InChI=1S/C11H19N5O3S2/c1-2-16-9(5-12)14-15-11(16)20-6-10(17)13-8-3-4-21(18,19)7-8/h8H,2-7,12H2,1H3,(H,13,17). The van der Waals surface area contributed by atoms with Gasteiger partial charge >= 0.3 is 0 Å². The molecule has 8 nitrogen and oxygen atoms in total. The first kappa shape index (κ1) is 16.2. The molecule has 10 heteroatoms. The maximum Gasteiger partial charge on any atom is 0.230 e. The van der Waals surface area contributed by atoms with Gasteiger partial charge in [0.15, 0.2) is 15.0 Å². The van der Waals surface area contributed by atoms with E-state index in [-0.39, 0.29) is 29.2 Å². The largest absolute Gasteiger partial charge is 0.352 e. The predicted octanol–water partition coefficient (Wildman–Crippen LogP) is -0.848. The van der Waals surface area contributed by atoms with E-state index in [0.29, 0.717) is 30.5 Å². The van der Waals surface area contributed by atoms with Gasteiger partial charge in [0, 0.05) is 12.6 Å². The van der Waals surface area contributed by atoms with E-state index >= 15 is 0 Å². The topological polar surface area (TPSA) is 120 Å². The Hall–Kier alpha value is -1.13. The second kappa shape index (κ2) is 6.75. The first-order valence-corrected chi connectivity index (χ1v) is 9.50. The van der Waals surface area contributed by atoms with Gasteiger partial charge in [-0.25, -0.2) is 8.42 Å². The summed E-state index contributed by atoms with van der Waals surface area (Å²) in [6.07, 6.45) is 0.487. The number of carbonyl (C=O) groups is 1. The van der Waals surface area contributed by atoms with Crippen LogP contribution in [0.25, 0.3) is 0 Å². The van der Waals surface area contributed by atoms with Gasteiger partial charge in [0.25, 0.3) is 0 Å². The molecule has 0 aliphatic carbocycles. The van der Waals surface area contributed by atoms with Crippen LogP contribution in [0.5, 0.6) is 0 Å². The highest BCUT2D eigenvalue weighted by Gasteiger charge is 2.28. The van der Waals surface area contributed by atoms with Crippen LogP contribution in [0.1, 0.15) is 19.2 Å². The molecular formula is C11H19N5O3S2. The van der Waals surface area contributed by atoms with Gasteiger partial charge < -0.3 is 15.6 Å². The first-order chi connectivity index (χ1) is 9.95. The highest BCUT2D eigenvalue weighted by molar-refractivity contribution is 7.99. The quantitative estimate of drug-likeness (QED) is 0.651. The molecule has 1 aromatic rings. The highest BCUT2D eigenvalue weighted by atomic mass is 32.2. The van der Waals surface area contributed by atoms with Crippen LogP contribution in [-0.2, 0) is 27.7 Å². The van der Waals surface area contributed by atoms with E-state index in [1.807, 2.05) is 11.5 Å². The minimum atomic E-state index is -2.98. The molecule has 1 aromatic heterocycles. The van der Waals surface area contributed by atoms with Crippen molar-refractivity contribution in [1.82, 2.24) is 20.1 Å². The monoisotopic (exact) mass is 333 g/mol. The van der Waals surface area contributed by atoms with Crippen molar-refractivity contribution in [3.05, 3.63) is 5.82 Å². The van der Waals surface area contributed by atoms with Gasteiger partial charge in [-0.3, -0.25) is 4.79 Å². The smallest absolute Gasteiger partial charge is 0.230 e. The van der Waals surface area contributed by atoms with Gasteiger partial charge in [-0.15, -0.1) is 10.2 Å². The van der Waals surface area contributed by atoms with Crippen molar-refractivity contribution in [2.75, 3.05) is 17.3 Å². The number of hydrogen-bond acceptors (Lipinski definition) is 7. The maximum absolute atomic E-state index is 11.9. The number of hydrogen-bond donors (Lipinski definition) is 2. The van der Waals surface area contributed by atoms with Crippen LogP contribution < -0.4 is 11.1 Å². The van der Waals surface area contributed by atoms with Crippen molar-refractivity contribution in [3.8, 4) is 0 Å². The lowest BCUT2D eigenvalue weighted by molar-refractivity contribution is -0.119. The van der Waals surface area contributed by atoms with Crippen LogP contribution in [-0.4, -0.2) is 52.4 Å². The normalized spacial score (nSPS) is 20.6. The van der Waals surface area contributed by atoms with Gasteiger partial charge in [-0.1, -0.05) is 11.8 Å². The van der Waals surface area contributed by atoms with Gasteiger partial charge in [0.05, 0.1) is 23.8 Å². The molecule has 118 valence electrons. The van der Waals surface area contributed by atoms with Crippen LogP contribution in [0.3, 0.4) is 0 Å².